The first-order valence-electron chi connectivity index (χ1n) is 4.51. The zero-order valence-electron chi connectivity index (χ0n) is 8.27. The van der Waals surface area contributed by atoms with Gasteiger partial charge < -0.3 is 0 Å². The Morgan fingerprint density at radius 2 is 1.86 bits per heavy atom. The Morgan fingerprint density at radius 3 is 2.36 bits per heavy atom. The fraction of sp³-hybridized carbons (Fsp3) is 0.0769. The molecule has 1 aromatic carbocycles. The predicted octanol–water partition coefficient (Wildman–Crippen LogP) is 4.09. The summed E-state index contributed by atoms with van der Waals surface area (Å²) >= 11 is 4.12. The molecule has 0 fully saturated rings. The third kappa shape index (κ3) is 3.27. The Kier molecular flexibility index (Phi) is 4.27. The van der Waals surface area contributed by atoms with Crippen LogP contribution in [0.5, 0.6) is 0 Å². The highest BCUT2D eigenvalue weighted by atomic mass is 32.1. The second-order valence-corrected chi connectivity index (χ2v) is 3.51. The first kappa shape index (κ1) is 10.9. The molecule has 0 atom stereocenters. The summed E-state index contributed by atoms with van der Waals surface area (Å²) in [6.45, 7) is 5.73. The van der Waals surface area contributed by atoms with E-state index in [2.05, 4.69) is 37.4 Å². The number of rotatable bonds is 3. The van der Waals surface area contributed by atoms with Crippen LogP contribution in [0.15, 0.2) is 60.0 Å². The quantitative estimate of drug-likeness (QED) is 0.554. The summed E-state index contributed by atoms with van der Waals surface area (Å²) in [6.07, 6.45) is 5.98. The normalized spacial score (nSPS) is 12.0. The van der Waals surface area contributed by atoms with E-state index in [4.69, 9.17) is 0 Å². The summed E-state index contributed by atoms with van der Waals surface area (Å²) in [5, 5.41) is 0. The first-order chi connectivity index (χ1) is 6.74. The third-order valence-electron chi connectivity index (χ3n) is 1.87. The van der Waals surface area contributed by atoms with E-state index in [-0.39, 0.29) is 0 Å². The summed E-state index contributed by atoms with van der Waals surface area (Å²) in [7, 11) is 0. The average molecular weight is 202 g/mol. The van der Waals surface area contributed by atoms with E-state index >= 15 is 0 Å². The number of hydrogen-bond acceptors (Lipinski definition) is 1. The van der Waals surface area contributed by atoms with Crippen LogP contribution in [0, 0.1) is 0 Å². The molecule has 14 heavy (non-hydrogen) atoms. The Morgan fingerprint density at radius 1 is 1.21 bits per heavy atom. The maximum Gasteiger partial charge on any atom is -0.00318 e. The van der Waals surface area contributed by atoms with Gasteiger partial charge in [0.15, 0.2) is 0 Å². The van der Waals surface area contributed by atoms with Gasteiger partial charge in [0.2, 0.25) is 0 Å². The number of benzene rings is 1. The molecule has 0 amide bonds. The maximum atomic E-state index is 4.12. The van der Waals surface area contributed by atoms with Crippen LogP contribution in [0.1, 0.15) is 12.5 Å². The highest BCUT2D eigenvalue weighted by Gasteiger charge is 1.93. The molecule has 1 heteroatoms. The van der Waals surface area contributed by atoms with Gasteiger partial charge in [0.05, 0.1) is 0 Å². The molecule has 0 nitrogen and oxygen atoms in total. The molecular weight excluding hydrogens is 188 g/mol. The number of allylic oxidation sites excluding steroid dienone is 4. The molecule has 0 heterocycles. The fourth-order valence-corrected chi connectivity index (χ4v) is 1.25. The molecular formula is C13H14S. The molecule has 0 unspecified atom stereocenters. The second-order valence-electron chi connectivity index (χ2n) is 2.93. The van der Waals surface area contributed by atoms with Gasteiger partial charge in [-0.15, -0.1) is 12.6 Å². The van der Waals surface area contributed by atoms with Gasteiger partial charge >= 0.3 is 0 Å². The topological polar surface area (TPSA) is 0 Å². The van der Waals surface area contributed by atoms with E-state index in [1.54, 1.807) is 0 Å². The van der Waals surface area contributed by atoms with Gasteiger partial charge in [0.1, 0.15) is 0 Å². The molecule has 72 valence electrons. The van der Waals surface area contributed by atoms with Crippen molar-refractivity contribution in [1.29, 1.82) is 0 Å². The minimum atomic E-state index is 0.764. The van der Waals surface area contributed by atoms with Crippen molar-refractivity contribution in [1.82, 2.24) is 0 Å². The zero-order chi connectivity index (χ0) is 10.4. The Labute approximate surface area is 91.1 Å². The standard InChI is InChI=1S/C13H14S/c1-3-12(10-9-11(2)14)13-7-5-4-6-8-13/h3-10,14H,2H2,1H3/b10-9-,12-3+. The van der Waals surface area contributed by atoms with Crippen LogP contribution in [0.25, 0.3) is 5.57 Å². The minimum absolute atomic E-state index is 0.764. The number of thiol groups is 1. The Hall–Kier alpha value is -1.21. The minimum Gasteiger partial charge on any atom is -0.144 e. The van der Waals surface area contributed by atoms with Crippen molar-refractivity contribution < 1.29 is 0 Å². The van der Waals surface area contributed by atoms with Crippen LogP contribution in [-0.2, 0) is 0 Å². The Balaban J connectivity index is 2.90. The summed E-state index contributed by atoms with van der Waals surface area (Å²) in [6, 6.07) is 10.2. The van der Waals surface area contributed by atoms with E-state index in [1.165, 1.54) is 11.1 Å². The Bertz CT molecular complexity index is 358. The van der Waals surface area contributed by atoms with Gasteiger partial charge in [-0.2, -0.15) is 0 Å². The molecule has 0 saturated heterocycles. The van der Waals surface area contributed by atoms with Gasteiger partial charge in [-0.1, -0.05) is 49.1 Å². The lowest BCUT2D eigenvalue weighted by atomic mass is 10.1. The smallest absolute Gasteiger partial charge is 0.00318 e. The van der Waals surface area contributed by atoms with E-state index in [1.807, 2.05) is 37.3 Å². The van der Waals surface area contributed by atoms with Crippen LogP contribution in [0.2, 0.25) is 0 Å². The lowest BCUT2D eigenvalue weighted by Gasteiger charge is -2.00. The van der Waals surface area contributed by atoms with Gasteiger partial charge in [-0.25, -0.2) is 0 Å². The SMILES string of the molecule is C=C(S)/C=C\C(=C/C)c1ccccc1. The number of hydrogen-bond donors (Lipinski definition) is 1. The first-order valence-corrected chi connectivity index (χ1v) is 4.96. The van der Waals surface area contributed by atoms with Gasteiger partial charge in [-0.05, 0) is 29.0 Å². The fourth-order valence-electron chi connectivity index (χ4n) is 1.18. The summed E-state index contributed by atoms with van der Waals surface area (Å²) in [4.78, 5) is 0.764. The second kappa shape index (κ2) is 5.51. The zero-order valence-corrected chi connectivity index (χ0v) is 9.17. The molecule has 0 aromatic heterocycles. The predicted molar refractivity (Wildman–Crippen MR) is 67.4 cm³/mol. The molecule has 0 aliphatic heterocycles. The van der Waals surface area contributed by atoms with Crippen molar-refractivity contribution in [3.05, 3.63) is 65.6 Å². The van der Waals surface area contributed by atoms with Crippen LogP contribution in [0.3, 0.4) is 0 Å². The van der Waals surface area contributed by atoms with Gasteiger partial charge in [0.25, 0.3) is 0 Å². The summed E-state index contributed by atoms with van der Waals surface area (Å²) in [5.41, 5.74) is 2.39. The molecule has 1 aromatic rings. The molecule has 0 aliphatic carbocycles. The molecule has 1 rings (SSSR count). The van der Waals surface area contributed by atoms with Crippen LogP contribution in [0.4, 0.5) is 0 Å². The van der Waals surface area contributed by atoms with E-state index in [0.29, 0.717) is 0 Å². The molecule has 0 spiro atoms. The summed E-state index contributed by atoms with van der Waals surface area (Å²) in [5.74, 6) is 0. The van der Waals surface area contributed by atoms with Crippen LogP contribution < -0.4 is 0 Å². The molecule has 0 N–H and O–H groups in total. The third-order valence-corrected chi connectivity index (χ3v) is 2.02. The molecule has 0 aliphatic rings. The lowest BCUT2D eigenvalue weighted by Crippen LogP contribution is -1.78. The average Bonchev–Trinajstić information content (AvgIpc) is 2.20. The van der Waals surface area contributed by atoms with Gasteiger partial charge in [-0.3, -0.25) is 0 Å². The van der Waals surface area contributed by atoms with Crippen molar-refractivity contribution in [2.45, 2.75) is 6.92 Å². The maximum absolute atomic E-state index is 4.12. The monoisotopic (exact) mass is 202 g/mol. The molecule has 0 saturated carbocycles. The van der Waals surface area contributed by atoms with Crippen LogP contribution in [-0.4, -0.2) is 0 Å². The highest BCUT2D eigenvalue weighted by Crippen LogP contribution is 2.16. The van der Waals surface area contributed by atoms with Gasteiger partial charge in [0, 0.05) is 0 Å². The van der Waals surface area contributed by atoms with Crippen molar-refractivity contribution in [3.8, 4) is 0 Å². The van der Waals surface area contributed by atoms with Crippen molar-refractivity contribution in [3.63, 3.8) is 0 Å². The summed E-state index contributed by atoms with van der Waals surface area (Å²) < 4.78 is 0. The molecule has 0 radical (unpaired) electrons. The van der Waals surface area contributed by atoms with E-state index in [9.17, 15) is 0 Å². The van der Waals surface area contributed by atoms with Crippen LogP contribution >= 0.6 is 12.6 Å². The largest absolute Gasteiger partial charge is 0.144 e. The van der Waals surface area contributed by atoms with E-state index < -0.39 is 0 Å². The van der Waals surface area contributed by atoms with Crippen molar-refractivity contribution >= 4 is 18.2 Å². The highest BCUT2D eigenvalue weighted by molar-refractivity contribution is 7.84. The molecule has 0 bridgehead atoms. The van der Waals surface area contributed by atoms with Crippen molar-refractivity contribution in [2.75, 3.05) is 0 Å². The van der Waals surface area contributed by atoms with Crippen molar-refractivity contribution in [2.24, 2.45) is 0 Å². The van der Waals surface area contributed by atoms with E-state index in [0.717, 1.165) is 4.91 Å². The lowest BCUT2D eigenvalue weighted by molar-refractivity contribution is 1.59.